The van der Waals surface area contributed by atoms with Crippen molar-refractivity contribution >= 4 is 29.1 Å². The molecule has 1 aliphatic rings. The summed E-state index contributed by atoms with van der Waals surface area (Å²) in [5.41, 5.74) is 0.400. The zero-order valence-corrected chi connectivity index (χ0v) is 11.6. The molecule has 0 spiro atoms. The van der Waals surface area contributed by atoms with Gasteiger partial charge in [0, 0.05) is 11.6 Å². The van der Waals surface area contributed by atoms with Crippen molar-refractivity contribution in [3.05, 3.63) is 33.8 Å². The molecule has 1 N–H and O–H groups in total. The summed E-state index contributed by atoms with van der Waals surface area (Å²) in [4.78, 5) is 14.1. The number of hydrogen-bond donors (Lipinski definition) is 1. The third-order valence-electron chi connectivity index (χ3n) is 3.49. The van der Waals surface area contributed by atoms with Gasteiger partial charge in [0.05, 0.1) is 23.2 Å². The first kappa shape index (κ1) is 13.7. The third kappa shape index (κ3) is 2.48. The van der Waals surface area contributed by atoms with Gasteiger partial charge in [-0.2, -0.15) is 0 Å². The molecular formula is C13H15Cl2NO2. The second-order valence-corrected chi connectivity index (χ2v) is 5.48. The first-order valence-electron chi connectivity index (χ1n) is 5.91. The van der Waals surface area contributed by atoms with E-state index in [9.17, 15) is 9.90 Å². The number of halogens is 2. The lowest BCUT2D eigenvalue weighted by Crippen LogP contribution is -2.39. The van der Waals surface area contributed by atoms with E-state index in [1.54, 1.807) is 23.1 Å². The Labute approximate surface area is 116 Å². The minimum absolute atomic E-state index is 0.0227. The zero-order chi connectivity index (χ0) is 13.3. The number of aliphatic hydroxyl groups excluding tert-OH is 1. The maximum atomic E-state index is 12.4. The number of hydrogen-bond acceptors (Lipinski definition) is 2. The van der Waals surface area contributed by atoms with Gasteiger partial charge < -0.3 is 10.0 Å². The van der Waals surface area contributed by atoms with Gasteiger partial charge in [-0.3, -0.25) is 4.79 Å². The molecule has 1 amide bonds. The normalized spacial score (nSPS) is 23.4. The number of nitrogens with zero attached hydrogens (tertiary/aromatic N) is 1. The summed E-state index contributed by atoms with van der Waals surface area (Å²) in [6.07, 6.45) is 0.898. The van der Waals surface area contributed by atoms with Gasteiger partial charge in [-0.05, 0) is 30.5 Å². The average Bonchev–Trinajstić information content (AvgIpc) is 2.72. The van der Waals surface area contributed by atoms with Crippen LogP contribution in [0.5, 0.6) is 0 Å². The smallest absolute Gasteiger partial charge is 0.255 e. The number of aliphatic hydroxyl groups is 1. The molecule has 0 saturated carbocycles. The Morgan fingerprint density at radius 1 is 1.50 bits per heavy atom. The average molecular weight is 288 g/mol. The van der Waals surface area contributed by atoms with E-state index in [1.807, 2.05) is 6.92 Å². The molecule has 1 heterocycles. The van der Waals surface area contributed by atoms with Crippen LogP contribution in [0.3, 0.4) is 0 Å². The van der Waals surface area contributed by atoms with Gasteiger partial charge in [-0.15, -0.1) is 0 Å². The maximum absolute atomic E-state index is 12.4. The molecule has 0 aromatic heterocycles. The molecule has 1 saturated heterocycles. The fourth-order valence-corrected chi connectivity index (χ4v) is 2.73. The van der Waals surface area contributed by atoms with Gasteiger partial charge in [0.1, 0.15) is 0 Å². The second-order valence-electron chi connectivity index (χ2n) is 4.64. The van der Waals surface area contributed by atoms with Crippen molar-refractivity contribution in [2.24, 2.45) is 5.92 Å². The highest BCUT2D eigenvalue weighted by Crippen LogP contribution is 2.28. The van der Waals surface area contributed by atoms with Gasteiger partial charge in [-0.25, -0.2) is 0 Å². The van der Waals surface area contributed by atoms with E-state index in [1.165, 1.54) is 0 Å². The number of carbonyl (C=O) groups excluding carboxylic acids is 1. The molecule has 1 fully saturated rings. The summed E-state index contributed by atoms with van der Waals surface area (Å²) in [6, 6.07) is 4.71. The minimum Gasteiger partial charge on any atom is -0.394 e. The first-order chi connectivity index (χ1) is 8.54. The number of carbonyl (C=O) groups is 1. The summed E-state index contributed by atoms with van der Waals surface area (Å²) in [5, 5.41) is 10.2. The van der Waals surface area contributed by atoms with Crippen molar-refractivity contribution in [1.82, 2.24) is 4.90 Å². The lowest BCUT2D eigenvalue weighted by molar-refractivity contribution is 0.0648. The van der Waals surface area contributed by atoms with Crippen molar-refractivity contribution in [3.8, 4) is 0 Å². The summed E-state index contributed by atoms with van der Waals surface area (Å²) in [7, 11) is 0. The van der Waals surface area contributed by atoms with Crippen LogP contribution >= 0.6 is 23.2 Å². The van der Waals surface area contributed by atoms with Crippen LogP contribution in [-0.4, -0.2) is 35.1 Å². The summed E-state index contributed by atoms with van der Waals surface area (Å²) >= 11 is 11.9. The molecule has 98 valence electrons. The molecular weight excluding hydrogens is 273 g/mol. The van der Waals surface area contributed by atoms with Gasteiger partial charge in [0.15, 0.2) is 0 Å². The van der Waals surface area contributed by atoms with E-state index in [2.05, 4.69) is 0 Å². The minimum atomic E-state index is -0.161. The van der Waals surface area contributed by atoms with Crippen LogP contribution in [-0.2, 0) is 0 Å². The molecule has 1 aromatic rings. The zero-order valence-electron chi connectivity index (χ0n) is 10.1. The first-order valence-corrected chi connectivity index (χ1v) is 6.67. The molecule has 18 heavy (non-hydrogen) atoms. The Balaban J connectivity index is 2.28. The van der Waals surface area contributed by atoms with Crippen molar-refractivity contribution < 1.29 is 9.90 Å². The quantitative estimate of drug-likeness (QED) is 0.909. The van der Waals surface area contributed by atoms with Crippen LogP contribution in [0.2, 0.25) is 10.0 Å². The lowest BCUT2D eigenvalue weighted by Gasteiger charge is -2.25. The van der Waals surface area contributed by atoms with E-state index < -0.39 is 0 Å². The molecule has 2 unspecified atom stereocenters. The molecule has 0 radical (unpaired) electrons. The summed E-state index contributed by atoms with van der Waals surface area (Å²) in [6.45, 7) is 2.66. The summed E-state index contributed by atoms with van der Waals surface area (Å²) < 4.78 is 0. The number of benzene rings is 1. The van der Waals surface area contributed by atoms with Crippen LogP contribution in [0.15, 0.2) is 18.2 Å². The topological polar surface area (TPSA) is 40.5 Å². The Morgan fingerprint density at radius 2 is 2.22 bits per heavy atom. The molecule has 5 heteroatoms. The largest absolute Gasteiger partial charge is 0.394 e. The monoisotopic (exact) mass is 287 g/mol. The standard InChI is InChI=1S/C13H15Cl2NO2/c1-8-4-5-16(12(8)7-17)13(18)10-6-9(14)2-3-11(10)15/h2-3,6,8,12,17H,4-5,7H2,1H3. The van der Waals surface area contributed by atoms with Gasteiger partial charge in [0.25, 0.3) is 5.91 Å². The van der Waals surface area contributed by atoms with Gasteiger partial charge >= 0.3 is 0 Å². The molecule has 0 aliphatic carbocycles. The predicted octanol–water partition coefficient (Wildman–Crippen LogP) is 2.84. The highest BCUT2D eigenvalue weighted by molar-refractivity contribution is 6.35. The van der Waals surface area contributed by atoms with Crippen LogP contribution in [0, 0.1) is 5.92 Å². The Morgan fingerprint density at radius 3 is 2.89 bits per heavy atom. The Bertz CT molecular complexity index is 464. The predicted molar refractivity (Wildman–Crippen MR) is 72.2 cm³/mol. The molecule has 3 nitrogen and oxygen atoms in total. The highest BCUT2D eigenvalue weighted by atomic mass is 35.5. The second kappa shape index (κ2) is 5.47. The number of likely N-dealkylation sites (tertiary alicyclic amines) is 1. The fraction of sp³-hybridized carbons (Fsp3) is 0.462. The SMILES string of the molecule is CC1CCN(C(=O)c2cc(Cl)ccc2Cl)C1CO. The fourth-order valence-electron chi connectivity index (χ4n) is 2.35. The third-order valence-corrected chi connectivity index (χ3v) is 4.05. The van der Waals surface area contributed by atoms with Gasteiger partial charge in [-0.1, -0.05) is 30.1 Å². The Hall–Kier alpha value is -0.770. The van der Waals surface area contributed by atoms with Crippen LogP contribution in [0.25, 0.3) is 0 Å². The molecule has 0 bridgehead atoms. The summed E-state index contributed by atoms with van der Waals surface area (Å²) in [5.74, 6) is 0.141. The van der Waals surface area contributed by atoms with Crippen LogP contribution in [0.1, 0.15) is 23.7 Å². The van der Waals surface area contributed by atoms with E-state index in [0.717, 1.165) is 6.42 Å². The van der Waals surface area contributed by atoms with Crippen molar-refractivity contribution in [2.45, 2.75) is 19.4 Å². The van der Waals surface area contributed by atoms with E-state index in [-0.39, 0.29) is 18.6 Å². The molecule has 2 rings (SSSR count). The van der Waals surface area contributed by atoms with E-state index >= 15 is 0 Å². The Kier molecular flexibility index (Phi) is 4.15. The van der Waals surface area contributed by atoms with E-state index in [4.69, 9.17) is 23.2 Å². The van der Waals surface area contributed by atoms with Crippen molar-refractivity contribution in [1.29, 1.82) is 0 Å². The van der Waals surface area contributed by atoms with Gasteiger partial charge in [0.2, 0.25) is 0 Å². The number of rotatable bonds is 2. The van der Waals surface area contributed by atoms with Crippen molar-refractivity contribution in [3.63, 3.8) is 0 Å². The number of amides is 1. The van der Waals surface area contributed by atoms with Crippen LogP contribution in [0.4, 0.5) is 0 Å². The molecule has 2 atom stereocenters. The van der Waals surface area contributed by atoms with Crippen molar-refractivity contribution in [2.75, 3.05) is 13.2 Å². The molecule has 1 aromatic carbocycles. The van der Waals surface area contributed by atoms with Crippen LogP contribution < -0.4 is 0 Å². The highest BCUT2D eigenvalue weighted by Gasteiger charge is 2.34. The lowest BCUT2D eigenvalue weighted by atomic mass is 10.0. The molecule has 1 aliphatic heterocycles. The maximum Gasteiger partial charge on any atom is 0.255 e. The van der Waals surface area contributed by atoms with E-state index in [0.29, 0.717) is 28.1 Å².